The summed E-state index contributed by atoms with van der Waals surface area (Å²) in [7, 11) is 0. The standard InChI is InChI=1S/C20H17ClF3N7O2/c21-16-14(11-28-31(19(16)33)15-4-3-12(10-27-15)20(22,23)24)29-6-8-30(9-7-29)18-13(17(25)32)2-1-5-26-18/h1-5,10-11H,6-9H2,(H2,25,32). The third-order valence-electron chi connectivity index (χ3n) is 5.16. The maximum absolute atomic E-state index is 12.7. The lowest BCUT2D eigenvalue weighted by Crippen LogP contribution is -2.48. The van der Waals surface area contributed by atoms with E-state index in [1.807, 2.05) is 9.80 Å². The van der Waals surface area contributed by atoms with Crippen molar-refractivity contribution in [2.45, 2.75) is 6.18 Å². The van der Waals surface area contributed by atoms with Gasteiger partial charge in [0.15, 0.2) is 5.82 Å². The second-order valence-electron chi connectivity index (χ2n) is 7.18. The largest absolute Gasteiger partial charge is 0.417 e. The van der Waals surface area contributed by atoms with Gasteiger partial charge in [-0.25, -0.2) is 9.97 Å². The Morgan fingerprint density at radius 3 is 2.33 bits per heavy atom. The molecule has 172 valence electrons. The smallest absolute Gasteiger partial charge is 0.365 e. The number of primary amides is 1. The number of amides is 1. The molecule has 0 spiro atoms. The highest BCUT2D eigenvalue weighted by Crippen LogP contribution is 2.29. The number of rotatable bonds is 4. The van der Waals surface area contributed by atoms with Crippen LogP contribution < -0.4 is 21.1 Å². The van der Waals surface area contributed by atoms with Gasteiger partial charge in [-0.3, -0.25) is 9.59 Å². The fourth-order valence-electron chi connectivity index (χ4n) is 3.49. The number of nitrogens with zero attached hydrogens (tertiary/aromatic N) is 6. The van der Waals surface area contributed by atoms with Crippen molar-refractivity contribution < 1.29 is 18.0 Å². The van der Waals surface area contributed by atoms with Crippen LogP contribution in [0.15, 0.2) is 47.7 Å². The number of alkyl halides is 3. The Bertz CT molecular complexity index is 1240. The second-order valence-corrected chi connectivity index (χ2v) is 7.55. The van der Waals surface area contributed by atoms with Gasteiger partial charge in [0.05, 0.1) is 23.0 Å². The van der Waals surface area contributed by atoms with Crippen LogP contribution in [0.4, 0.5) is 24.7 Å². The highest BCUT2D eigenvalue weighted by molar-refractivity contribution is 6.33. The van der Waals surface area contributed by atoms with E-state index in [9.17, 15) is 22.8 Å². The average Bonchev–Trinajstić information content (AvgIpc) is 2.80. The molecule has 9 nitrogen and oxygen atoms in total. The number of hydrogen-bond acceptors (Lipinski definition) is 7. The number of carbonyl (C=O) groups excluding carboxylic acids is 1. The summed E-state index contributed by atoms with van der Waals surface area (Å²) < 4.78 is 39.1. The molecule has 3 aromatic heterocycles. The van der Waals surface area contributed by atoms with Crippen molar-refractivity contribution in [1.82, 2.24) is 19.7 Å². The molecule has 1 saturated heterocycles. The summed E-state index contributed by atoms with van der Waals surface area (Å²) in [5.74, 6) is -0.175. The lowest BCUT2D eigenvalue weighted by Gasteiger charge is -2.37. The number of anilines is 2. The first-order valence-corrected chi connectivity index (χ1v) is 10.1. The van der Waals surface area contributed by atoms with Gasteiger partial charge in [-0.05, 0) is 24.3 Å². The van der Waals surface area contributed by atoms with Crippen LogP contribution in [0.1, 0.15) is 15.9 Å². The number of halogens is 4. The van der Waals surface area contributed by atoms with Crippen molar-refractivity contribution in [2.24, 2.45) is 5.73 Å². The first-order valence-electron chi connectivity index (χ1n) is 9.73. The Morgan fingerprint density at radius 1 is 1.03 bits per heavy atom. The minimum absolute atomic E-state index is 0.0830. The van der Waals surface area contributed by atoms with Gasteiger partial charge in [0, 0.05) is 38.6 Å². The van der Waals surface area contributed by atoms with Crippen LogP contribution in [0.25, 0.3) is 5.82 Å². The zero-order valence-electron chi connectivity index (χ0n) is 17.0. The third kappa shape index (κ3) is 4.46. The average molecular weight is 480 g/mol. The molecule has 0 bridgehead atoms. The molecule has 1 aliphatic heterocycles. The number of hydrogen-bond donors (Lipinski definition) is 1. The topological polar surface area (TPSA) is 110 Å². The first-order chi connectivity index (χ1) is 15.7. The fraction of sp³-hybridized carbons (Fsp3) is 0.250. The quantitative estimate of drug-likeness (QED) is 0.610. The minimum Gasteiger partial charge on any atom is -0.365 e. The third-order valence-corrected chi connectivity index (χ3v) is 5.52. The van der Waals surface area contributed by atoms with E-state index in [1.165, 1.54) is 6.20 Å². The van der Waals surface area contributed by atoms with Crippen molar-refractivity contribution in [2.75, 3.05) is 36.0 Å². The first kappa shape index (κ1) is 22.5. The monoisotopic (exact) mass is 479 g/mol. The number of carbonyl (C=O) groups is 1. The lowest BCUT2D eigenvalue weighted by atomic mass is 10.2. The SMILES string of the molecule is NC(=O)c1cccnc1N1CCN(c2cnn(-c3ccc(C(F)(F)F)cn3)c(=O)c2Cl)CC1. The molecule has 0 atom stereocenters. The highest BCUT2D eigenvalue weighted by Gasteiger charge is 2.31. The predicted octanol–water partition coefficient (Wildman–Crippen LogP) is 2.12. The van der Waals surface area contributed by atoms with Crippen molar-refractivity contribution in [3.63, 3.8) is 0 Å². The fourth-order valence-corrected chi connectivity index (χ4v) is 3.74. The Hall–Kier alpha value is -3.67. The van der Waals surface area contributed by atoms with E-state index in [4.69, 9.17) is 17.3 Å². The summed E-state index contributed by atoms with van der Waals surface area (Å²) in [6.45, 7) is 1.88. The van der Waals surface area contributed by atoms with Gasteiger partial charge < -0.3 is 15.5 Å². The maximum Gasteiger partial charge on any atom is 0.417 e. The molecule has 0 unspecified atom stereocenters. The Balaban J connectivity index is 1.53. The number of piperazine rings is 1. The number of pyridine rings is 2. The van der Waals surface area contributed by atoms with Crippen molar-refractivity contribution in [1.29, 1.82) is 0 Å². The van der Waals surface area contributed by atoms with E-state index in [0.29, 0.717) is 49.4 Å². The molecular weight excluding hydrogens is 463 g/mol. The van der Waals surface area contributed by atoms with E-state index >= 15 is 0 Å². The molecule has 0 aliphatic carbocycles. The van der Waals surface area contributed by atoms with E-state index in [-0.39, 0.29) is 10.8 Å². The van der Waals surface area contributed by atoms with Crippen molar-refractivity contribution in [3.8, 4) is 5.82 Å². The maximum atomic E-state index is 12.7. The minimum atomic E-state index is -4.54. The van der Waals surface area contributed by atoms with Crippen LogP contribution in [-0.4, -0.2) is 51.8 Å². The molecule has 13 heteroatoms. The predicted molar refractivity (Wildman–Crippen MR) is 115 cm³/mol. The van der Waals surface area contributed by atoms with Crippen LogP contribution in [-0.2, 0) is 6.18 Å². The summed E-state index contributed by atoms with van der Waals surface area (Å²) in [5, 5.41) is 3.91. The second kappa shape index (κ2) is 8.70. The molecule has 1 fully saturated rings. The highest BCUT2D eigenvalue weighted by atomic mass is 35.5. The molecule has 2 N–H and O–H groups in total. The molecule has 33 heavy (non-hydrogen) atoms. The van der Waals surface area contributed by atoms with Crippen molar-refractivity contribution in [3.05, 3.63) is 69.4 Å². The summed E-state index contributed by atoms with van der Waals surface area (Å²) in [4.78, 5) is 36.1. The van der Waals surface area contributed by atoms with Gasteiger partial charge in [0.2, 0.25) is 0 Å². The van der Waals surface area contributed by atoms with Gasteiger partial charge in [0.1, 0.15) is 10.8 Å². The molecule has 0 aromatic carbocycles. The van der Waals surface area contributed by atoms with Gasteiger partial charge in [-0.2, -0.15) is 23.0 Å². The normalized spacial score (nSPS) is 14.4. The van der Waals surface area contributed by atoms with E-state index < -0.39 is 23.2 Å². The Morgan fingerprint density at radius 2 is 1.73 bits per heavy atom. The van der Waals surface area contributed by atoms with Gasteiger partial charge in [0.25, 0.3) is 11.5 Å². The van der Waals surface area contributed by atoms with Crippen LogP contribution in [0.2, 0.25) is 5.02 Å². The summed E-state index contributed by atoms with van der Waals surface area (Å²) in [6, 6.07) is 5.10. The molecule has 1 aliphatic rings. The summed E-state index contributed by atoms with van der Waals surface area (Å²) in [6.07, 6.45) is -0.971. The molecule has 1 amide bonds. The Labute approximate surface area is 190 Å². The molecular formula is C20H17ClF3N7O2. The summed E-state index contributed by atoms with van der Waals surface area (Å²) in [5.41, 5.74) is 4.49. The van der Waals surface area contributed by atoms with E-state index in [1.54, 1.807) is 18.3 Å². The van der Waals surface area contributed by atoms with Crippen molar-refractivity contribution >= 4 is 29.0 Å². The Kier molecular flexibility index (Phi) is 5.93. The van der Waals surface area contributed by atoms with Crippen LogP contribution >= 0.6 is 11.6 Å². The van der Waals surface area contributed by atoms with Crippen LogP contribution in [0.5, 0.6) is 0 Å². The molecule has 0 saturated carbocycles. The lowest BCUT2D eigenvalue weighted by molar-refractivity contribution is -0.137. The number of nitrogens with two attached hydrogens (primary N) is 1. The van der Waals surface area contributed by atoms with Gasteiger partial charge in [-0.15, -0.1) is 0 Å². The van der Waals surface area contributed by atoms with E-state index in [0.717, 1.165) is 16.8 Å². The summed E-state index contributed by atoms with van der Waals surface area (Å²) >= 11 is 6.30. The van der Waals surface area contributed by atoms with Crippen LogP contribution in [0, 0.1) is 0 Å². The van der Waals surface area contributed by atoms with E-state index in [2.05, 4.69) is 15.1 Å². The zero-order valence-corrected chi connectivity index (χ0v) is 17.7. The molecule has 4 rings (SSSR count). The zero-order chi connectivity index (χ0) is 23.8. The molecule has 4 heterocycles. The van der Waals surface area contributed by atoms with Crippen LogP contribution in [0.3, 0.4) is 0 Å². The van der Waals surface area contributed by atoms with Gasteiger partial charge in [-0.1, -0.05) is 11.6 Å². The molecule has 3 aromatic rings. The molecule has 0 radical (unpaired) electrons. The number of aromatic nitrogens is 4. The van der Waals surface area contributed by atoms with Gasteiger partial charge >= 0.3 is 6.18 Å².